The first kappa shape index (κ1) is 12.9. The van der Waals surface area contributed by atoms with Gasteiger partial charge in [0.2, 0.25) is 0 Å². The maximum Gasteiger partial charge on any atom is 0.177 e. The fourth-order valence-corrected chi connectivity index (χ4v) is 2.51. The van der Waals surface area contributed by atoms with E-state index in [1.807, 2.05) is 30.3 Å². The number of benzene rings is 1. The molecule has 1 atom stereocenters. The summed E-state index contributed by atoms with van der Waals surface area (Å²) in [7, 11) is 0. The van der Waals surface area contributed by atoms with E-state index in [-0.39, 0.29) is 0 Å². The van der Waals surface area contributed by atoms with Crippen molar-refractivity contribution < 1.29 is 9.52 Å². The molecule has 20 heavy (non-hydrogen) atoms. The summed E-state index contributed by atoms with van der Waals surface area (Å²) in [5.74, 6) is 1.31. The molecule has 0 saturated carbocycles. The van der Waals surface area contributed by atoms with Gasteiger partial charge in [0.1, 0.15) is 11.9 Å². The molecule has 3 aromatic rings. The number of aromatic nitrogens is 1. The monoisotopic (exact) mass is 270 g/mol. The van der Waals surface area contributed by atoms with E-state index in [0.29, 0.717) is 29.5 Å². The van der Waals surface area contributed by atoms with Gasteiger partial charge < -0.3 is 15.3 Å². The van der Waals surface area contributed by atoms with Crippen LogP contribution in [0.3, 0.4) is 0 Å². The van der Waals surface area contributed by atoms with Crippen LogP contribution in [0.25, 0.3) is 21.9 Å². The van der Waals surface area contributed by atoms with Gasteiger partial charge in [-0.1, -0.05) is 32.0 Å². The molecule has 0 aliphatic carbocycles. The molecule has 0 fully saturated rings. The minimum absolute atomic E-state index is 0.363. The molecule has 1 aromatic carbocycles. The molecule has 2 aromatic heterocycles. The summed E-state index contributed by atoms with van der Waals surface area (Å²) in [4.78, 5) is 4.34. The highest BCUT2D eigenvalue weighted by atomic mass is 16.4. The number of furan rings is 1. The first-order valence-electron chi connectivity index (χ1n) is 6.82. The SMILES string of the molecule is CC(C)CC(O)c1cc2c(o1)c(N)nc1ccccc12. The van der Waals surface area contributed by atoms with Crippen molar-refractivity contribution in [1.29, 1.82) is 0 Å². The van der Waals surface area contributed by atoms with Crippen LogP contribution < -0.4 is 5.73 Å². The first-order chi connectivity index (χ1) is 9.56. The van der Waals surface area contributed by atoms with Crippen LogP contribution in [0.2, 0.25) is 0 Å². The summed E-state index contributed by atoms with van der Waals surface area (Å²) in [5, 5.41) is 12.1. The van der Waals surface area contributed by atoms with Gasteiger partial charge in [0.05, 0.1) is 5.52 Å². The zero-order chi connectivity index (χ0) is 14.3. The summed E-state index contributed by atoms with van der Waals surface area (Å²) in [6.45, 7) is 4.13. The lowest BCUT2D eigenvalue weighted by Gasteiger charge is -2.09. The summed E-state index contributed by atoms with van der Waals surface area (Å²) >= 11 is 0. The van der Waals surface area contributed by atoms with Crippen LogP contribution in [0, 0.1) is 5.92 Å². The third-order valence-electron chi connectivity index (χ3n) is 3.44. The van der Waals surface area contributed by atoms with Crippen LogP contribution in [-0.2, 0) is 0 Å². The summed E-state index contributed by atoms with van der Waals surface area (Å²) < 4.78 is 5.73. The fraction of sp³-hybridized carbons (Fsp3) is 0.312. The van der Waals surface area contributed by atoms with Crippen LogP contribution in [0.1, 0.15) is 32.1 Å². The largest absolute Gasteiger partial charge is 0.454 e. The van der Waals surface area contributed by atoms with Gasteiger partial charge in [0.15, 0.2) is 11.4 Å². The quantitative estimate of drug-likeness (QED) is 0.762. The maximum absolute atomic E-state index is 10.2. The predicted octanol–water partition coefficient (Wildman–Crippen LogP) is 3.64. The van der Waals surface area contributed by atoms with Gasteiger partial charge in [-0.3, -0.25) is 0 Å². The lowest BCUT2D eigenvalue weighted by atomic mass is 10.0. The van der Waals surface area contributed by atoms with E-state index in [0.717, 1.165) is 16.3 Å². The van der Waals surface area contributed by atoms with E-state index >= 15 is 0 Å². The van der Waals surface area contributed by atoms with Crippen molar-refractivity contribution in [3.05, 3.63) is 36.1 Å². The molecule has 0 aliphatic rings. The Bertz CT molecular complexity index is 762. The number of nitrogen functional groups attached to an aromatic ring is 1. The van der Waals surface area contributed by atoms with Crippen LogP contribution >= 0.6 is 0 Å². The number of hydrogen-bond acceptors (Lipinski definition) is 4. The third-order valence-corrected chi connectivity index (χ3v) is 3.44. The second-order valence-corrected chi connectivity index (χ2v) is 5.55. The molecule has 4 nitrogen and oxygen atoms in total. The minimum Gasteiger partial charge on any atom is -0.454 e. The zero-order valence-electron chi connectivity index (χ0n) is 11.6. The number of aliphatic hydroxyl groups is 1. The first-order valence-corrected chi connectivity index (χ1v) is 6.82. The Hall–Kier alpha value is -2.07. The molecule has 4 heteroatoms. The summed E-state index contributed by atoms with van der Waals surface area (Å²) in [6.07, 6.45) is 0.0472. The molecule has 0 radical (unpaired) electrons. The molecule has 3 rings (SSSR count). The molecule has 3 N–H and O–H groups in total. The van der Waals surface area contributed by atoms with Gasteiger partial charge in [0, 0.05) is 10.8 Å². The summed E-state index contributed by atoms with van der Waals surface area (Å²) in [6, 6.07) is 9.66. The lowest BCUT2D eigenvalue weighted by molar-refractivity contribution is 0.128. The van der Waals surface area contributed by atoms with Gasteiger partial charge in [-0.25, -0.2) is 4.98 Å². The normalized spacial score (nSPS) is 13.4. The second-order valence-electron chi connectivity index (χ2n) is 5.55. The van der Waals surface area contributed by atoms with Gasteiger partial charge >= 0.3 is 0 Å². The lowest BCUT2D eigenvalue weighted by Crippen LogP contribution is -2.00. The Morgan fingerprint density at radius 3 is 2.75 bits per heavy atom. The Labute approximate surface area is 117 Å². The van der Waals surface area contributed by atoms with Crippen LogP contribution in [0.5, 0.6) is 0 Å². The van der Waals surface area contributed by atoms with E-state index in [9.17, 15) is 5.11 Å². The highest BCUT2D eigenvalue weighted by Gasteiger charge is 2.18. The molecule has 0 amide bonds. The average molecular weight is 270 g/mol. The second kappa shape index (κ2) is 4.80. The molecular formula is C16H18N2O2. The Morgan fingerprint density at radius 2 is 2.00 bits per heavy atom. The van der Waals surface area contributed by atoms with Crippen molar-refractivity contribution in [2.24, 2.45) is 5.92 Å². The van der Waals surface area contributed by atoms with E-state index in [4.69, 9.17) is 10.2 Å². The van der Waals surface area contributed by atoms with Crippen molar-refractivity contribution in [3.63, 3.8) is 0 Å². The number of hydrogen-bond donors (Lipinski definition) is 2. The van der Waals surface area contributed by atoms with Crippen molar-refractivity contribution in [1.82, 2.24) is 4.98 Å². The fourth-order valence-electron chi connectivity index (χ4n) is 2.51. The molecule has 104 valence electrons. The molecule has 0 saturated heterocycles. The highest BCUT2D eigenvalue weighted by molar-refractivity contribution is 6.07. The van der Waals surface area contributed by atoms with Crippen LogP contribution in [-0.4, -0.2) is 10.1 Å². The number of para-hydroxylation sites is 1. The molecule has 1 unspecified atom stereocenters. The molecule has 0 spiro atoms. The van der Waals surface area contributed by atoms with E-state index in [1.54, 1.807) is 0 Å². The Balaban J connectivity index is 2.19. The van der Waals surface area contributed by atoms with E-state index < -0.39 is 6.10 Å². The highest BCUT2D eigenvalue weighted by Crippen LogP contribution is 2.34. The molecular weight excluding hydrogens is 252 g/mol. The minimum atomic E-state index is -0.611. The molecule has 2 heterocycles. The Kier molecular flexibility index (Phi) is 3.10. The third kappa shape index (κ3) is 2.12. The number of fused-ring (bicyclic) bond motifs is 3. The molecule has 0 aliphatic heterocycles. The maximum atomic E-state index is 10.2. The number of nitrogens with zero attached hydrogens (tertiary/aromatic N) is 1. The van der Waals surface area contributed by atoms with E-state index in [1.165, 1.54) is 0 Å². The van der Waals surface area contributed by atoms with Crippen molar-refractivity contribution in [2.75, 3.05) is 5.73 Å². The number of pyridine rings is 1. The van der Waals surface area contributed by atoms with Crippen LogP contribution in [0.15, 0.2) is 34.7 Å². The summed E-state index contributed by atoms with van der Waals surface area (Å²) in [5.41, 5.74) is 7.34. The van der Waals surface area contributed by atoms with Crippen LogP contribution in [0.4, 0.5) is 5.82 Å². The number of rotatable bonds is 3. The number of nitrogens with two attached hydrogens (primary N) is 1. The number of aliphatic hydroxyl groups excluding tert-OH is 1. The van der Waals surface area contributed by atoms with Crippen molar-refractivity contribution in [3.8, 4) is 0 Å². The zero-order valence-corrected chi connectivity index (χ0v) is 11.6. The number of anilines is 1. The van der Waals surface area contributed by atoms with E-state index in [2.05, 4.69) is 18.8 Å². The predicted molar refractivity (Wildman–Crippen MR) is 80.3 cm³/mol. The van der Waals surface area contributed by atoms with Gasteiger partial charge in [0.25, 0.3) is 0 Å². The topological polar surface area (TPSA) is 72.3 Å². The average Bonchev–Trinajstić information content (AvgIpc) is 2.84. The Morgan fingerprint density at radius 1 is 1.25 bits per heavy atom. The van der Waals surface area contributed by atoms with Gasteiger partial charge in [-0.15, -0.1) is 0 Å². The van der Waals surface area contributed by atoms with Crippen molar-refractivity contribution in [2.45, 2.75) is 26.4 Å². The van der Waals surface area contributed by atoms with Crippen molar-refractivity contribution >= 4 is 27.7 Å². The van der Waals surface area contributed by atoms with Gasteiger partial charge in [-0.05, 0) is 24.5 Å². The standard InChI is InChI=1S/C16H18N2O2/c1-9(2)7-13(19)14-8-11-10-5-3-4-6-12(10)18-16(17)15(11)20-14/h3-6,8-9,13,19H,7H2,1-2H3,(H2,17,18). The molecule has 0 bridgehead atoms. The van der Waals surface area contributed by atoms with Gasteiger partial charge in [-0.2, -0.15) is 0 Å². The smallest absolute Gasteiger partial charge is 0.177 e.